The lowest BCUT2D eigenvalue weighted by molar-refractivity contribution is -0.123. The molecule has 0 aromatic carbocycles. The lowest BCUT2D eigenvalue weighted by Gasteiger charge is -2.45. The van der Waals surface area contributed by atoms with Gasteiger partial charge in [-0.2, -0.15) is 0 Å². The molecular weight excluding hydrogens is 212 g/mol. The van der Waals surface area contributed by atoms with E-state index in [9.17, 15) is 4.79 Å². The highest BCUT2D eigenvalue weighted by molar-refractivity contribution is 5.81. The van der Waals surface area contributed by atoms with E-state index >= 15 is 0 Å². The molecule has 3 unspecified atom stereocenters. The molecular formula is C14H24N2O. The van der Waals surface area contributed by atoms with E-state index in [0.29, 0.717) is 17.7 Å². The Morgan fingerprint density at radius 2 is 2.06 bits per heavy atom. The largest absolute Gasteiger partial charge is 0.356 e. The van der Waals surface area contributed by atoms with Crippen molar-refractivity contribution in [2.24, 2.45) is 23.7 Å². The summed E-state index contributed by atoms with van der Waals surface area (Å²) >= 11 is 0. The fraction of sp³-hybridized carbons (Fsp3) is 0.929. The first kappa shape index (κ1) is 11.5. The van der Waals surface area contributed by atoms with Crippen molar-refractivity contribution in [1.82, 2.24) is 10.2 Å². The van der Waals surface area contributed by atoms with Gasteiger partial charge in [0, 0.05) is 19.0 Å². The average Bonchev–Trinajstić information content (AvgIpc) is 2.71. The molecule has 3 heteroatoms. The summed E-state index contributed by atoms with van der Waals surface area (Å²) in [5.74, 6) is 3.03. The van der Waals surface area contributed by atoms with Gasteiger partial charge in [-0.3, -0.25) is 4.79 Å². The minimum Gasteiger partial charge on any atom is -0.356 e. The van der Waals surface area contributed by atoms with E-state index in [1.54, 1.807) is 0 Å². The van der Waals surface area contributed by atoms with Crippen LogP contribution in [0.4, 0.5) is 0 Å². The summed E-state index contributed by atoms with van der Waals surface area (Å²) in [4.78, 5) is 14.3. The van der Waals surface area contributed by atoms with Crippen molar-refractivity contribution < 1.29 is 4.79 Å². The van der Waals surface area contributed by atoms with Gasteiger partial charge in [-0.25, -0.2) is 0 Å². The van der Waals surface area contributed by atoms with E-state index in [2.05, 4.69) is 17.1 Å². The lowest BCUT2D eigenvalue weighted by Crippen LogP contribution is -2.48. The van der Waals surface area contributed by atoms with Crippen LogP contribution in [0.5, 0.6) is 0 Å². The molecule has 0 aliphatic carbocycles. The summed E-state index contributed by atoms with van der Waals surface area (Å²) in [7, 11) is 0. The third kappa shape index (κ3) is 2.10. The Kier molecular flexibility index (Phi) is 3.12. The number of hydrogen-bond acceptors (Lipinski definition) is 2. The van der Waals surface area contributed by atoms with Crippen molar-refractivity contribution in [3.8, 4) is 0 Å². The minimum absolute atomic E-state index is 0.297. The maximum atomic E-state index is 11.7. The summed E-state index contributed by atoms with van der Waals surface area (Å²) < 4.78 is 0. The highest BCUT2D eigenvalue weighted by Crippen LogP contribution is 2.38. The first-order valence-electron chi connectivity index (χ1n) is 7.28. The van der Waals surface area contributed by atoms with Gasteiger partial charge in [-0.1, -0.05) is 6.92 Å². The van der Waals surface area contributed by atoms with Crippen LogP contribution in [-0.2, 0) is 4.79 Å². The number of piperidine rings is 3. The highest BCUT2D eigenvalue weighted by atomic mass is 16.2. The monoisotopic (exact) mass is 236 g/mol. The molecule has 4 saturated heterocycles. The molecule has 4 rings (SSSR count). The number of carbonyl (C=O) groups is 1. The number of hydrogen-bond donors (Lipinski definition) is 1. The molecule has 1 amide bonds. The van der Waals surface area contributed by atoms with Gasteiger partial charge < -0.3 is 10.2 Å². The summed E-state index contributed by atoms with van der Waals surface area (Å²) in [5.41, 5.74) is 0. The second-order valence-corrected chi connectivity index (χ2v) is 6.15. The predicted octanol–water partition coefficient (Wildman–Crippen LogP) is 1.49. The van der Waals surface area contributed by atoms with Gasteiger partial charge in [0.05, 0.1) is 0 Å². The Bertz CT molecular complexity index is 297. The zero-order chi connectivity index (χ0) is 11.8. The van der Waals surface area contributed by atoms with E-state index in [4.69, 9.17) is 0 Å². The molecule has 1 N–H and O–H groups in total. The molecule has 0 aromatic heterocycles. The van der Waals surface area contributed by atoms with Crippen LogP contribution in [0.15, 0.2) is 0 Å². The Morgan fingerprint density at radius 1 is 1.29 bits per heavy atom. The van der Waals surface area contributed by atoms with E-state index < -0.39 is 0 Å². The summed E-state index contributed by atoms with van der Waals surface area (Å²) in [5, 5.41) is 3.05. The molecule has 3 nitrogen and oxygen atoms in total. The van der Waals surface area contributed by atoms with E-state index in [-0.39, 0.29) is 0 Å². The summed E-state index contributed by atoms with van der Waals surface area (Å²) in [6, 6.07) is 0. The molecule has 96 valence electrons. The van der Waals surface area contributed by atoms with Gasteiger partial charge in [-0.05, 0) is 56.5 Å². The van der Waals surface area contributed by atoms with Crippen LogP contribution in [0, 0.1) is 23.7 Å². The maximum absolute atomic E-state index is 11.7. The van der Waals surface area contributed by atoms with E-state index in [0.717, 1.165) is 24.8 Å². The molecule has 0 spiro atoms. The molecule has 0 aromatic rings. The lowest BCUT2D eigenvalue weighted by atomic mass is 9.73. The van der Waals surface area contributed by atoms with Crippen LogP contribution in [0.2, 0.25) is 0 Å². The second kappa shape index (κ2) is 4.60. The van der Waals surface area contributed by atoms with Gasteiger partial charge in [-0.15, -0.1) is 0 Å². The molecule has 0 radical (unpaired) electrons. The highest BCUT2D eigenvalue weighted by Gasteiger charge is 2.39. The normalized spacial score (nSPS) is 45.0. The van der Waals surface area contributed by atoms with Crippen molar-refractivity contribution >= 4 is 5.91 Å². The Balaban J connectivity index is 1.61. The molecule has 3 atom stereocenters. The Morgan fingerprint density at radius 3 is 2.65 bits per heavy atom. The van der Waals surface area contributed by atoms with Gasteiger partial charge in [0.15, 0.2) is 0 Å². The standard InChI is InChI=1S/C14H24N2O/c1-2-13-11(8-15-14(13)17)7-12-9-16-5-3-10(12)4-6-16/h10-13H,2-9H2,1H3,(H,15,17). The number of nitrogens with zero attached hydrogens (tertiary/aromatic N) is 1. The molecule has 0 saturated carbocycles. The molecule has 2 bridgehead atoms. The van der Waals surface area contributed by atoms with Gasteiger partial charge in [0.25, 0.3) is 0 Å². The number of fused-ring (bicyclic) bond motifs is 3. The second-order valence-electron chi connectivity index (χ2n) is 6.15. The first-order chi connectivity index (χ1) is 8.28. The molecule has 4 fully saturated rings. The van der Waals surface area contributed by atoms with Crippen LogP contribution < -0.4 is 5.32 Å². The number of nitrogens with one attached hydrogen (secondary N) is 1. The topological polar surface area (TPSA) is 32.3 Å². The zero-order valence-corrected chi connectivity index (χ0v) is 10.8. The van der Waals surface area contributed by atoms with E-state index in [1.165, 1.54) is 38.9 Å². The fourth-order valence-corrected chi connectivity index (χ4v) is 4.23. The summed E-state index contributed by atoms with van der Waals surface area (Å²) in [6.45, 7) is 7.02. The van der Waals surface area contributed by atoms with Crippen molar-refractivity contribution in [1.29, 1.82) is 0 Å². The van der Waals surface area contributed by atoms with E-state index in [1.807, 2.05) is 0 Å². The third-order valence-electron chi connectivity index (χ3n) is 5.28. The van der Waals surface area contributed by atoms with Crippen LogP contribution in [0.25, 0.3) is 0 Å². The first-order valence-corrected chi connectivity index (χ1v) is 7.28. The fourth-order valence-electron chi connectivity index (χ4n) is 4.23. The maximum Gasteiger partial charge on any atom is 0.223 e. The zero-order valence-electron chi connectivity index (χ0n) is 10.8. The van der Waals surface area contributed by atoms with Crippen molar-refractivity contribution in [2.75, 3.05) is 26.2 Å². The smallest absolute Gasteiger partial charge is 0.223 e. The van der Waals surface area contributed by atoms with Crippen LogP contribution >= 0.6 is 0 Å². The average molecular weight is 236 g/mol. The molecule has 4 heterocycles. The minimum atomic E-state index is 0.297. The van der Waals surface area contributed by atoms with Gasteiger partial charge in [0.1, 0.15) is 0 Å². The van der Waals surface area contributed by atoms with Crippen LogP contribution in [0.3, 0.4) is 0 Å². The van der Waals surface area contributed by atoms with Crippen molar-refractivity contribution in [2.45, 2.75) is 32.6 Å². The van der Waals surface area contributed by atoms with Gasteiger partial charge in [0.2, 0.25) is 5.91 Å². The number of rotatable bonds is 3. The number of amides is 1. The number of carbonyl (C=O) groups excluding carboxylic acids is 1. The van der Waals surface area contributed by atoms with Crippen LogP contribution in [-0.4, -0.2) is 37.0 Å². The van der Waals surface area contributed by atoms with Crippen molar-refractivity contribution in [3.63, 3.8) is 0 Å². The van der Waals surface area contributed by atoms with Crippen LogP contribution in [0.1, 0.15) is 32.6 Å². The predicted molar refractivity (Wildman–Crippen MR) is 67.6 cm³/mol. The molecule has 4 aliphatic heterocycles. The third-order valence-corrected chi connectivity index (χ3v) is 5.28. The molecule has 4 aliphatic rings. The van der Waals surface area contributed by atoms with Crippen molar-refractivity contribution in [3.05, 3.63) is 0 Å². The molecule has 17 heavy (non-hydrogen) atoms. The summed E-state index contributed by atoms with van der Waals surface area (Å²) in [6.07, 6.45) is 5.08. The quantitative estimate of drug-likeness (QED) is 0.805. The SMILES string of the molecule is CCC1C(=O)NCC1CC1CN2CCC1CC2. The Labute approximate surface area is 104 Å². The Hall–Kier alpha value is -0.570. The van der Waals surface area contributed by atoms with Gasteiger partial charge >= 0.3 is 0 Å².